The normalized spacial score (nSPS) is 11.6. The van der Waals surface area contributed by atoms with Gasteiger partial charge in [0, 0.05) is 22.1 Å². The Hall–Kier alpha value is -0.960. The van der Waals surface area contributed by atoms with Crippen molar-refractivity contribution in [1.82, 2.24) is 10.3 Å². The van der Waals surface area contributed by atoms with Gasteiger partial charge in [-0.15, -0.1) is 11.3 Å². The average molecular weight is 376 g/mol. The fraction of sp³-hybridized carbons (Fsp3) is 0.250. The molecule has 0 aliphatic carbocycles. The molecule has 1 aromatic heterocycles. The number of hydrogen-bond acceptors (Lipinski definition) is 5. The topological polar surface area (TPSA) is 71.1 Å². The van der Waals surface area contributed by atoms with Gasteiger partial charge < -0.3 is 5.32 Å². The number of anilines is 1. The Kier molecular flexibility index (Phi) is 4.79. The molecule has 5 nitrogen and oxygen atoms in total. The quantitative estimate of drug-likeness (QED) is 0.842. The fourth-order valence-corrected chi connectivity index (χ4v) is 4.56. The van der Waals surface area contributed by atoms with Crippen LogP contribution in [0.5, 0.6) is 0 Å². The zero-order valence-corrected chi connectivity index (χ0v) is 14.2. The number of aromatic nitrogens is 1. The molecule has 0 unspecified atom stereocenters. The lowest BCUT2D eigenvalue weighted by Gasteiger charge is -2.09. The SMILES string of the molecule is CNCc1ccc(Br)c(S(=O)(=O)Nc2ncc(C)s2)c1. The Balaban J connectivity index is 2.35. The number of nitrogens with one attached hydrogen (secondary N) is 2. The van der Waals surface area contributed by atoms with Gasteiger partial charge in [0.2, 0.25) is 0 Å². The third-order valence-corrected chi connectivity index (χ3v) is 5.80. The Bertz CT molecular complexity index is 713. The van der Waals surface area contributed by atoms with Crippen LogP contribution in [0.3, 0.4) is 0 Å². The van der Waals surface area contributed by atoms with Crippen LogP contribution in [0.4, 0.5) is 5.13 Å². The van der Waals surface area contributed by atoms with Crippen molar-refractivity contribution in [1.29, 1.82) is 0 Å². The van der Waals surface area contributed by atoms with Crippen LogP contribution in [0.15, 0.2) is 33.8 Å². The summed E-state index contributed by atoms with van der Waals surface area (Å²) in [5.74, 6) is 0. The van der Waals surface area contributed by atoms with Gasteiger partial charge in [0.05, 0.1) is 0 Å². The van der Waals surface area contributed by atoms with E-state index in [2.05, 4.69) is 31.0 Å². The minimum absolute atomic E-state index is 0.207. The molecular weight excluding hydrogens is 362 g/mol. The number of thiazole rings is 1. The van der Waals surface area contributed by atoms with E-state index in [-0.39, 0.29) is 4.90 Å². The van der Waals surface area contributed by atoms with Crippen molar-refractivity contribution in [3.05, 3.63) is 39.3 Å². The lowest BCUT2D eigenvalue weighted by molar-refractivity contribution is 0.600. The number of rotatable bonds is 5. The first kappa shape index (κ1) is 15.4. The van der Waals surface area contributed by atoms with Crippen molar-refractivity contribution in [2.24, 2.45) is 0 Å². The summed E-state index contributed by atoms with van der Waals surface area (Å²) in [6.45, 7) is 2.48. The largest absolute Gasteiger partial charge is 0.316 e. The number of sulfonamides is 1. The van der Waals surface area contributed by atoms with Crippen LogP contribution in [-0.4, -0.2) is 20.4 Å². The van der Waals surface area contributed by atoms with Crippen molar-refractivity contribution in [3.8, 4) is 0 Å². The maximum absolute atomic E-state index is 12.4. The van der Waals surface area contributed by atoms with Gasteiger partial charge in [0.25, 0.3) is 10.0 Å². The van der Waals surface area contributed by atoms with E-state index >= 15 is 0 Å². The third kappa shape index (κ3) is 3.57. The van der Waals surface area contributed by atoms with Crippen molar-refractivity contribution >= 4 is 42.4 Å². The highest BCUT2D eigenvalue weighted by Gasteiger charge is 2.19. The second-order valence-electron chi connectivity index (χ2n) is 4.18. The maximum atomic E-state index is 12.4. The second-order valence-corrected chi connectivity index (χ2v) is 7.92. The van der Waals surface area contributed by atoms with Crippen LogP contribution in [0.2, 0.25) is 0 Å². The molecule has 20 heavy (non-hydrogen) atoms. The smallest absolute Gasteiger partial charge is 0.264 e. The van der Waals surface area contributed by atoms with Gasteiger partial charge in [0.1, 0.15) is 4.90 Å². The summed E-state index contributed by atoms with van der Waals surface area (Å²) in [5, 5.41) is 3.36. The molecule has 2 aromatic rings. The first-order valence-electron chi connectivity index (χ1n) is 5.80. The van der Waals surface area contributed by atoms with E-state index in [0.717, 1.165) is 10.4 Å². The molecule has 1 heterocycles. The van der Waals surface area contributed by atoms with Crippen molar-refractivity contribution in [2.75, 3.05) is 11.8 Å². The number of benzene rings is 1. The predicted octanol–water partition coefficient (Wildman–Crippen LogP) is 2.73. The molecule has 0 aliphatic heterocycles. The molecule has 0 aliphatic rings. The van der Waals surface area contributed by atoms with Gasteiger partial charge >= 0.3 is 0 Å². The van der Waals surface area contributed by atoms with Gasteiger partial charge in [-0.3, -0.25) is 4.72 Å². The predicted molar refractivity (Wildman–Crippen MR) is 84.6 cm³/mol. The van der Waals surface area contributed by atoms with Gasteiger partial charge in [0.15, 0.2) is 5.13 Å². The summed E-state index contributed by atoms with van der Waals surface area (Å²) in [6, 6.07) is 5.24. The fourth-order valence-electron chi connectivity index (χ4n) is 1.64. The summed E-state index contributed by atoms with van der Waals surface area (Å²) >= 11 is 4.58. The first-order chi connectivity index (χ1) is 9.42. The number of hydrogen-bond donors (Lipinski definition) is 2. The van der Waals surface area contributed by atoms with E-state index in [9.17, 15) is 8.42 Å². The lowest BCUT2D eigenvalue weighted by Crippen LogP contribution is -2.14. The van der Waals surface area contributed by atoms with Crippen molar-refractivity contribution < 1.29 is 8.42 Å². The molecule has 0 amide bonds. The van der Waals surface area contributed by atoms with Crippen molar-refractivity contribution in [2.45, 2.75) is 18.4 Å². The highest BCUT2D eigenvalue weighted by atomic mass is 79.9. The van der Waals surface area contributed by atoms with Crippen molar-refractivity contribution in [3.63, 3.8) is 0 Å². The zero-order chi connectivity index (χ0) is 14.8. The van der Waals surface area contributed by atoms with Crippen LogP contribution < -0.4 is 10.0 Å². The Morgan fingerprint density at radius 1 is 1.40 bits per heavy atom. The highest BCUT2D eigenvalue weighted by molar-refractivity contribution is 9.10. The van der Waals surface area contributed by atoms with Gasteiger partial charge in [-0.2, -0.15) is 0 Å². The van der Waals surface area contributed by atoms with E-state index in [1.165, 1.54) is 11.3 Å². The molecule has 0 saturated carbocycles. The standard InChI is InChI=1S/C12H14BrN3O2S2/c1-8-6-15-12(19-8)16-20(17,18)11-5-9(7-14-2)3-4-10(11)13/h3-6,14H,7H2,1-2H3,(H,15,16). The molecular formula is C12H14BrN3O2S2. The van der Waals surface area contributed by atoms with E-state index in [1.54, 1.807) is 18.3 Å². The van der Waals surface area contributed by atoms with E-state index in [1.807, 2.05) is 20.0 Å². The summed E-state index contributed by atoms with van der Waals surface area (Å²) in [4.78, 5) is 5.17. The molecule has 0 fully saturated rings. The van der Waals surface area contributed by atoms with E-state index in [4.69, 9.17) is 0 Å². The molecule has 2 N–H and O–H groups in total. The molecule has 0 bridgehead atoms. The Labute approximate surface area is 130 Å². The summed E-state index contributed by atoms with van der Waals surface area (Å²) < 4.78 is 27.8. The third-order valence-electron chi connectivity index (χ3n) is 2.51. The minimum Gasteiger partial charge on any atom is -0.316 e. The van der Waals surface area contributed by atoms with Crippen LogP contribution in [0, 0.1) is 6.92 Å². The van der Waals surface area contributed by atoms with Gasteiger partial charge in [-0.05, 0) is 47.6 Å². The molecule has 0 spiro atoms. The number of nitrogens with zero attached hydrogens (tertiary/aromatic N) is 1. The van der Waals surface area contributed by atoms with Crippen LogP contribution in [0.1, 0.15) is 10.4 Å². The van der Waals surface area contributed by atoms with E-state index in [0.29, 0.717) is 16.1 Å². The average Bonchev–Trinajstić information content (AvgIpc) is 2.76. The summed E-state index contributed by atoms with van der Waals surface area (Å²) in [7, 11) is -1.84. The number of halogens is 1. The number of aryl methyl sites for hydroxylation is 1. The highest BCUT2D eigenvalue weighted by Crippen LogP contribution is 2.27. The second kappa shape index (κ2) is 6.21. The minimum atomic E-state index is -3.65. The van der Waals surface area contributed by atoms with Crippen LogP contribution in [0.25, 0.3) is 0 Å². The Morgan fingerprint density at radius 2 is 2.15 bits per heavy atom. The first-order valence-corrected chi connectivity index (χ1v) is 8.90. The molecule has 0 atom stereocenters. The molecule has 108 valence electrons. The van der Waals surface area contributed by atoms with Gasteiger partial charge in [-0.1, -0.05) is 6.07 Å². The summed E-state index contributed by atoms with van der Waals surface area (Å²) in [5.41, 5.74) is 0.895. The molecule has 8 heteroatoms. The lowest BCUT2D eigenvalue weighted by atomic mass is 10.2. The van der Waals surface area contributed by atoms with Crippen LogP contribution in [-0.2, 0) is 16.6 Å². The zero-order valence-electron chi connectivity index (χ0n) is 11.0. The molecule has 1 aromatic carbocycles. The molecule has 2 rings (SSSR count). The summed E-state index contributed by atoms with van der Waals surface area (Å²) in [6.07, 6.45) is 1.63. The maximum Gasteiger partial charge on any atom is 0.264 e. The monoisotopic (exact) mass is 375 g/mol. The Morgan fingerprint density at radius 3 is 2.75 bits per heavy atom. The van der Waals surface area contributed by atoms with Crippen LogP contribution >= 0.6 is 27.3 Å². The van der Waals surface area contributed by atoms with E-state index < -0.39 is 10.0 Å². The molecule has 0 radical (unpaired) electrons. The molecule has 0 saturated heterocycles. The van der Waals surface area contributed by atoms with Gasteiger partial charge in [-0.25, -0.2) is 13.4 Å².